The smallest absolute Gasteiger partial charge is 0.149 e. The Morgan fingerprint density at radius 2 is 2.00 bits per heavy atom. The molecule has 3 heteroatoms. The molecule has 0 radical (unpaired) electrons. The molecule has 0 aromatic heterocycles. The van der Waals surface area contributed by atoms with E-state index in [1.807, 2.05) is 31.2 Å². The molecule has 0 aliphatic heterocycles. The number of carbonyl (C=O) groups excluding carboxylic acids is 2. The Hall–Kier alpha value is -1.77. The average molecular weight is 229 g/mol. The molecule has 17 heavy (non-hydrogen) atoms. The Kier molecular flexibility index (Phi) is 3.18. The standard InChI is InChI=1S/C14H15NO2/c1-9-5-3-4-6-11(9)15-12-7-8-13(17)14(12)10(2)16/h3-6,14H,7-8H2,1-2H3. The third kappa shape index (κ3) is 2.33. The summed E-state index contributed by atoms with van der Waals surface area (Å²) in [6.07, 6.45) is 1.05. The van der Waals surface area contributed by atoms with Crippen LogP contribution in [0.5, 0.6) is 0 Å². The lowest BCUT2D eigenvalue weighted by molar-refractivity contribution is -0.127. The van der Waals surface area contributed by atoms with Crippen LogP contribution in [-0.2, 0) is 9.59 Å². The van der Waals surface area contributed by atoms with Crippen LogP contribution in [0.4, 0.5) is 5.69 Å². The molecular formula is C14H15NO2. The van der Waals surface area contributed by atoms with Gasteiger partial charge in [-0.3, -0.25) is 14.6 Å². The lowest BCUT2D eigenvalue weighted by atomic mass is 10.0. The summed E-state index contributed by atoms with van der Waals surface area (Å²) in [5.74, 6) is -0.695. The van der Waals surface area contributed by atoms with Crippen LogP contribution in [0.2, 0.25) is 0 Å². The summed E-state index contributed by atoms with van der Waals surface area (Å²) in [5.41, 5.74) is 2.63. The van der Waals surface area contributed by atoms with E-state index in [1.54, 1.807) is 0 Å². The van der Waals surface area contributed by atoms with Gasteiger partial charge in [-0.25, -0.2) is 0 Å². The minimum atomic E-state index is -0.602. The fraction of sp³-hybridized carbons (Fsp3) is 0.357. The summed E-state index contributed by atoms with van der Waals surface area (Å²) in [6.45, 7) is 3.43. The van der Waals surface area contributed by atoms with Crippen LogP contribution in [0.25, 0.3) is 0 Å². The van der Waals surface area contributed by atoms with Crippen molar-refractivity contribution in [1.29, 1.82) is 0 Å². The van der Waals surface area contributed by atoms with E-state index in [0.717, 1.165) is 17.0 Å². The third-order valence-corrected chi connectivity index (χ3v) is 3.07. The van der Waals surface area contributed by atoms with E-state index >= 15 is 0 Å². The second-order valence-corrected chi connectivity index (χ2v) is 4.40. The van der Waals surface area contributed by atoms with Crippen molar-refractivity contribution in [2.45, 2.75) is 26.7 Å². The van der Waals surface area contributed by atoms with Gasteiger partial charge in [-0.15, -0.1) is 0 Å². The number of Topliss-reactive ketones (excluding diaryl/α,β-unsaturated/α-hetero) is 2. The maximum atomic E-state index is 11.6. The predicted octanol–water partition coefficient (Wildman–Crippen LogP) is 2.64. The molecule has 1 aromatic rings. The van der Waals surface area contributed by atoms with Crippen LogP contribution < -0.4 is 0 Å². The Morgan fingerprint density at radius 1 is 1.29 bits per heavy atom. The van der Waals surface area contributed by atoms with Crippen molar-refractivity contribution in [3.8, 4) is 0 Å². The first kappa shape index (κ1) is 11.7. The van der Waals surface area contributed by atoms with E-state index in [0.29, 0.717) is 12.8 Å². The SMILES string of the molecule is CC(=O)C1C(=O)CCC1=Nc1ccccc1C. The second-order valence-electron chi connectivity index (χ2n) is 4.40. The van der Waals surface area contributed by atoms with Gasteiger partial charge >= 0.3 is 0 Å². The number of nitrogens with zero attached hydrogens (tertiary/aromatic N) is 1. The van der Waals surface area contributed by atoms with Gasteiger partial charge in [0.05, 0.1) is 5.69 Å². The van der Waals surface area contributed by atoms with Crippen molar-refractivity contribution in [1.82, 2.24) is 0 Å². The van der Waals surface area contributed by atoms with Crippen LogP contribution in [0.15, 0.2) is 29.3 Å². The lowest BCUT2D eigenvalue weighted by Crippen LogP contribution is -2.22. The molecule has 1 saturated carbocycles. The van der Waals surface area contributed by atoms with Gasteiger partial charge in [0.15, 0.2) is 0 Å². The van der Waals surface area contributed by atoms with Gasteiger partial charge in [-0.05, 0) is 31.9 Å². The highest BCUT2D eigenvalue weighted by molar-refractivity contribution is 6.24. The van der Waals surface area contributed by atoms with Crippen LogP contribution in [-0.4, -0.2) is 17.3 Å². The Labute approximate surface area is 101 Å². The van der Waals surface area contributed by atoms with Crippen molar-refractivity contribution in [2.24, 2.45) is 10.9 Å². The number of ketones is 2. The molecule has 0 spiro atoms. The molecule has 3 nitrogen and oxygen atoms in total. The highest BCUT2D eigenvalue weighted by Gasteiger charge is 2.34. The molecule has 0 heterocycles. The molecule has 0 bridgehead atoms. The zero-order chi connectivity index (χ0) is 12.4. The number of para-hydroxylation sites is 1. The summed E-state index contributed by atoms with van der Waals surface area (Å²) in [7, 11) is 0. The van der Waals surface area contributed by atoms with Crippen LogP contribution in [0.3, 0.4) is 0 Å². The summed E-state index contributed by atoms with van der Waals surface area (Å²) in [6, 6.07) is 7.73. The van der Waals surface area contributed by atoms with Crippen molar-refractivity contribution < 1.29 is 9.59 Å². The first-order valence-electron chi connectivity index (χ1n) is 5.76. The minimum absolute atomic E-state index is 0.00448. The molecular weight excluding hydrogens is 214 g/mol. The van der Waals surface area contributed by atoms with Gasteiger partial charge in [0, 0.05) is 12.1 Å². The fourth-order valence-electron chi connectivity index (χ4n) is 2.15. The van der Waals surface area contributed by atoms with Crippen molar-refractivity contribution in [3.05, 3.63) is 29.8 Å². The molecule has 1 aliphatic carbocycles. The van der Waals surface area contributed by atoms with Crippen molar-refractivity contribution in [3.63, 3.8) is 0 Å². The normalized spacial score (nSPS) is 22.1. The zero-order valence-electron chi connectivity index (χ0n) is 10.1. The first-order valence-corrected chi connectivity index (χ1v) is 5.76. The lowest BCUT2D eigenvalue weighted by Gasteiger charge is -2.06. The minimum Gasteiger partial charge on any atom is -0.299 e. The third-order valence-electron chi connectivity index (χ3n) is 3.07. The molecule has 88 valence electrons. The fourth-order valence-corrected chi connectivity index (χ4v) is 2.15. The van der Waals surface area contributed by atoms with Crippen molar-refractivity contribution in [2.75, 3.05) is 0 Å². The van der Waals surface area contributed by atoms with Gasteiger partial charge in [0.2, 0.25) is 0 Å². The number of hydrogen-bond acceptors (Lipinski definition) is 3. The van der Waals surface area contributed by atoms with Gasteiger partial charge in [-0.1, -0.05) is 18.2 Å². The van der Waals surface area contributed by atoms with Gasteiger partial charge in [-0.2, -0.15) is 0 Å². The molecule has 1 aromatic carbocycles. The van der Waals surface area contributed by atoms with E-state index < -0.39 is 5.92 Å². The highest BCUT2D eigenvalue weighted by atomic mass is 16.1. The number of hydrogen-bond donors (Lipinski definition) is 0. The maximum absolute atomic E-state index is 11.6. The number of aliphatic imine (C=N–C) groups is 1. The Bertz CT molecular complexity index is 503. The first-order chi connectivity index (χ1) is 8.09. The molecule has 0 N–H and O–H groups in total. The Morgan fingerprint density at radius 3 is 2.65 bits per heavy atom. The van der Waals surface area contributed by atoms with Gasteiger partial charge in [0.1, 0.15) is 17.5 Å². The zero-order valence-corrected chi connectivity index (χ0v) is 10.1. The molecule has 1 unspecified atom stereocenters. The topological polar surface area (TPSA) is 46.5 Å². The monoisotopic (exact) mass is 229 g/mol. The number of rotatable bonds is 2. The van der Waals surface area contributed by atoms with E-state index in [1.165, 1.54) is 6.92 Å². The quantitative estimate of drug-likeness (QED) is 0.732. The van der Waals surface area contributed by atoms with Crippen molar-refractivity contribution >= 4 is 23.0 Å². The van der Waals surface area contributed by atoms with E-state index in [-0.39, 0.29) is 11.6 Å². The Balaban J connectivity index is 2.37. The molecule has 2 rings (SSSR count). The average Bonchev–Trinajstić information content (AvgIpc) is 2.63. The molecule has 1 fully saturated rings. The highest BCUT2D eigenvalue weighted by Crippen LogP contribution is 2.25. The molecule has 0 saturated heterocycles. The van der Waals surface area contributed by atoms with E-state index in [2.05, 4.69) is 4.99 Å². The van der Waals surface area contributed by atoms with E-state index in [9.17, 15) is 9.59 Å². The molecule has 0 amide bonds. The molecule has 1 aliphatic rings. The predicted molar refractivity (Wildman–Crippen MR) is 66.7 cm³/mol. The van der Waals surface area contributed by atoms with Crippen LogP contribution in [0, 0.1) is 12.8 Å². The maximum Gasteiger partial charge on any atom is 0.149 e. The second kappa shape index (κ2) is 4.62. The number of aryl methyl sites for hydroxylation is 1. The van der Waals surface area contributed by atoms with Crippen LogP contribution >= 0.6 is 0 Å². The van der Waals surface area contributed by atoms with Gasteiger partial charge < -0.3 is 0 Å². The summed E-state index contributed by atoms with van der Waals surface area (Å²) >= 11 is 0. The number of carbonyl (C=O) groups is 2. The summed E-state index contributed by atoms with van der Waals surface area (Å²) in [4.78, 5) is 27.5. The summed E-state index contributed by atoms with van der Waals surface area (Å²) in [5, 5.41) is 0. The summed E-state index contributed by atoms with van der Waals surface area (Å²) < 4.78 is 0. The van der Waals surface area contributed by atoms with E-state index in [4.69, 9.17) is 0 Å². The largest absolute Gasteiger partial charge is 0.299 e. The van der Waals surface area contributed by atoms with Crippen LogP contribution in [0.1, 0.15) is 25.3 Å². The molecule has 1 atom stereocenters. The van der Waals surface area contributed by atoms with Gasteiger partial charge in [0.25, 0.3) is 0 Å². The number of benzene rings is 1.